The van der Waals surface area contributed by atoms with Crippen LogP contribution in [0.5, 0.6) is 0 Å². The highest BCUT2D eigenvalue weighted by molar-refractivity contribution is 5.04. The second-order valence-corrected chi connectivity index (χ2v) is 6.13. The Hall–Kier alpha value is -0.560. The van der Waals surface area contributed by atoms with Gasteiger partial charge in [-0.2, -0.15) is 0 Å². The van der Waals surface area contributed by atoms with Gasteiger partial charge >= 0.3 is 0 Å². The molecule has 110 valence electrons. The monoisotopic (exact) mass is 264 g/mol. The largest absolute Gasteiger partial charge is 0.315 e. The lowest BCUT2D eigenvalue weighted by molar-refractivity contribution is 0.305. The summed E-state index contributed by atoms with van der Waals surface area (Å²) in [6.45, 7) is 14.9. The molecule has 0 saturated carbocycles. The van der Waals surface area contributed by atoms with E-state index in [1.165, 1.54) is 50.9 Å². The molecule has 1 rings (SSSR count). The van der Waals surface area contributed by atoms with Crippen molar-refractivity contribution in [3.8, 4) is 0 Å². The number of hydrogen-bond donors (Lipinski definition) is 1. The SMILES string of the molecule is CCCC[C@](C=C=C(C)C)(CC)CNCCN1CC1. The Balaban J connectivity index is 2.51. The maximum absolute atomic E-state index is 3.66. The molecule has 19 heavy (non-hydrogen) atoms. The first-order valence-electron chi connectivity index (χ1n) is 7.96. The smallest absolute Gasteiger partial charge is 0.0110 e. The second kappa shape index (κ2) is 8.58. The Morgan fingerprint density at radius 3 is 2.58 bits per heavy atom. The van der Waals surface area contributed by atoms with Crippen LogP contribution >= 0.6 is 0 Å². The van der Waals surface area contributed by atoms with Crippen molar-refractivity contribution in [3.63, 3.8) is 0 Å². The lowest BCUT2D eigenvalue weighted by Crippen LogP contribution is -2.34. The zero-order chi connectivity index (χ0) is 14.1. The number of hydrogen-bond acceptors (Lipinski definition) is 2. The van der Waals surface area contributed by atoms with Gasteiger partial charge in [0, 0.05) is 38.1 Å². The van der Waals surface area contributed by atoms with Gasteiger partial charge in [-0.1, -0.05) is 26.7 Å². The molecule has 1 saturated heterocycles. The molecule has 0 spiro atoms. The molecule has 1 aliphatic heterocycles. The van der Waals surface area contributed by atoms with Crippen LogP contribution in [-0.2, 0) is 0 Å². The van der Waals surface area contributed by atoms with Gasteiger partial charge in [-0.25, -0.2) is 0 Å². The van der Waals surface area contributed by atoms with Crippen LogP contribution in [-0.4, -0.2) is 37.6 Å². The third kappa shape index (κ3) is 6.96. The molecule has 2 nitrogen and oxygen atoms in total. The van der Waals surface area contributed by atoms with E-state index >= 15 is 0 Å². The molecule has 1 heterocycles. The van der Waals surface area contributed by atoms with E-state index in [0.717, 1.165) is 13.1 Å². The fourth-order valence-corrected chi connectivity index (χ4v) is 2.31. The minimum atomic E-state index is 0.298. The molecule has 0 aromatic heterocycles. The summed E-state index contributed by atoms with van der Waals surface area (Å²) in [6.07, 6.45) is 7.39. The van der Waals surface area contributed by atoms with E-state index in [4.69, 9.17) is 0 Å². The molecule has 2 heteroatoms. The summed E-state index contributed by atoms with van der Waals surface area (Å²) in [7, 11) is 0. The minimum absolute atomic E-state index is 0.298. The maximum atomic E-state index is 3.66. The van der Waals surface area contributed by atoms with Crippen molar-refractivity contribution in [1.29, 1.82) is 0 Å². The average Bonchev–Trinajstić information content (AvgIpc) is 3.21. The average molecular weight is 264 g/mol. The molecule has 0 amide bonds. The molecule has 1 aliphatic rings. The van der Waals surface area contributed by atoms with Gasteiger partial charge in [0.1, 0.15) is 0 Å². The molecule has 0 aromatic carbocycles. The Morgan fingerprint density at radius 1 is 1.32 bits per heavy atom. The summed E-state index contributed by atoms with van der Waals surface area (Å²) >= 11 is 0. The van der Waals surface area contributed by atoms with E-state index < -0.39 is 0 Å². The highest BCUT2D eigenvalue weighted by Crippen LogP contribution is 2.29. The van der Waals surface area contributed by atoms with Gasteiger partial charge in [-0.15, -0.1) is 5.73 Å². The molecular weight excluding hydrogens is 232 g/mol. The van der Waals surface area contributed by atoms with Gasteiger partial charge in [0.15, 0.2) is 0 Å². The zero-order valence-electron chi connectivity index (χ0n) is 13.4. The van der Waals surface area contributed by atoms with Gasteiger partial charge in [-0.3, -0.25) is 4.90 Å². The normalized spacial score (nSPS) is 17.7. The van der Waals surface area contributed by atoms with E-state index in [-0.39, 0.29) is 0 Å². The van der Waals surface area contributed by atoms with E-state index in [9.17, 15) is 0 Å². The van der Waals surface area contributed by atoms with Crippen LogP contribution in [0.2, 0.25) is 0 Å². The molecule has 0 aliphatic carbocycles. The second-order valence-electron chi connectivity index (χ2n) is 6.13. The van der Waals surface area contributed by atoms with Crippen molar-refractivity contribution in [2.45, 2.75) is 53.4 Å². The fourth-order valence-electron chi connectivity index (χ4n) is 2.31. The quantitative estimate of drug-likeness (QED) is 0.368. The number of rotatable bonds is 10. The van der Waals surface area contributed by atoms with E-state index in [1.54, 1.807) is 0 Å². The highest BCUT2D eigenvalue weighted by Gasteiger charge is 2.24. The Morgan fingerprint density at radius 2 is 2.05 bits per heavy atom. The van der Waals surface area contributed by atoms with Crippen molar-refractivity contribution in [3.05, 3.63) is 17.4 Å². The Bertz CT molecular complexity index is 307. The van der Waals surface area contributed by atoms with Crippen LogP contribution in [0.15, 0.2) is 17.4 Å². The summed E-state index contributed by atoms with van der Waals surface area (Å²) < 4.78 is 0. The van der Waals surface area contributed by atoms with Crippen molar-refractivity contribution in [2.75, 3.05) is 32.7 Å². The van der Waals surface area contributed by atoms with Crippen molar-refractivity contribution < 1.29 is 0 Å². The lowest BCUT2D eigenvalue weighted by atomic mass is 9.80. The summed E-state index contributed by atoms with van der Waals surface area (Å²) in [5, 5.41) is 3.66. The molecule has 1 atom stereocenters. The number of unbranched alkanes of at least 4 members (excludes halogenated alkanes) is 1. The van der Waals surface area contributed by atoms with Gasteiger partial charge in [0.05, 0.1) is 0 Å². The van der Waals surface area contributed by atoms with Crippen LogP contribution in [0.1, 0.15) is 53.4 Å². The fraction of sp³-hybridized carbons (Fsp3) is 0.824. The molecule has 1 fully saturated rings. The summed E-state index contributed by atoms with van der Waals surface area (Å²) in [5.74, 6) is 0. The molecule has 0 radical (unpaired) electrons. The number of nitrogens with one attached hydrogen (secondary N) is 1. The molecule has 0 bridgehead atoms. The molecule has 0 aromatic rings. The zero-order valence-corrected chi connectivity index (χ0v) is 13.4. The predicted molar refractivity (Wildman–Crippen MR) is 84.5 cm³/mol. The van der Waals surface area contributed by atoms with Gasteiger partial charge in [0.2, 0.25) is 0 Å². The van der Waals surface area contributed by atoms with E-state index in [1.807, 2.05) is 0 Å². The molecule has 0 unspecified atom stereocenters. The summed E-state index contributed by atoms with van der Waals surface area (Å²) in [4.78, 5) is 2.47. The highest BCUT2D eigenvalue weighted by atomic mass is 15.3. The van der Waals surface area contributed by atoms with Crippen LogP contribution in [0.3, 0.4) is 0 Å². The standard InChI is InChI=1S/C17H32N2/c1-5-7-9-17(6-2,10-8-16(3)4)15-18-11-12-19-13-14-19/h10,18H,5-7,9,11-15H2,1-4H3/t17-/m0/s1. The first kappa shape index (κ1) is 16.5. The Kier molecular flexibility index (Phi) is 7.45. The Labute approximate surface area is 120 Å². The topological polar surface area (TPSA) is 15.0 Å². The van der Waals surface area contributed by atoms with Crippen LogP contribution in [0.4, 0.5) is 0 Å². The number of nitrogens with zero attached hydrogens (tertiary/aromatic N) is 1. The van der Waals surface area contributed by atoms with Crippen LogP contribution < -0.4 is 5.32 Å². The maximum Gasteiger partial charge on any atom is 0.0110 e. The summed E-state index contributed by atoms with van der Waals surface area (Å²) in [6, 6.07) is 0. The molecular formula is C17H32N2. The van der Waals surface area contributed by atoms with Gasteiger partial charge in [0.25, 0.3) is 0 Å². The lowest BCUT2D eigenvalue weighted by Gasteiger charge is -2.29. The predicted octanol–water partition coefficient (Wildman–Crippen LogP) is 3.60. The van der Waals surface area contributed by atoms with Crippen LogP contribution in [0.25, 0.3) is 0 Å². The third-order valence-corrected chi connectivity index (χ3v) is 4.02. The minimum Gasteiger partial charge on any atom is -0.315 e. The van der Waals surface area contributed by atoms with E-state index in [0.29, 0.717) is 5.41 Å². The summed E-state index contributed by atoms with van der Waals surface area (Å²) in [5.41, 5.74) is 5.02. The van der Waals surface area contributed by atoms with Crippen LogP contribution in [0, 0.1) is 5.41 Å². The van der Waals surface area contributed by atoms with E-state index in [2.05, 4.69) is 49.7 Å². The van der Waals surface area contributed by atoms with Gasteiger partial charge in [-0.05, 0) is 38.3 Å². The van der Waals surface area contributed by atoms with Crippen molar-refractivity contribution in [2.24, 2.45) is 5.41 Å². The molecule has 1 N–H and O–H groups in total. The first-order chi connectivity index (χ1) is 9.12. The van der Waals surface area contributed by atoms with Crippen molar-refractivity contribution >= 4 is 0 Å². The van der Waals surface area contributed by atoms with Crippen molar-refractivity contribution in [1.82, 2.24) is 10.2 Å². The van der Waals surface area contributed by atoms with Gasteiger partial charge < -0.3 is 5.32 Å². The third-order valence-electron chi connectivity index (χ3n) is 4.02. The first-order valence-corrected chi connectivity index (χ1v) is 7.96.